The quantitative estimate of drug-likeness (QED) is 0.797. The normalized spacial score (nSPS) is 9.75. The fraction of sp³-hybridized carbons (Fsp3) is 0. The van der Waals surface area contributed by atoms with E-state index in [0.29, 0.717) is 10.9 Å². The Morgan fingerprint density at radius 1 is 1.31 bits per heavy atom. The molecule has 0 aliphatic rings. The maximum Gasteiger partial charge on any atom is 0.193 e. The van der Waals surface area contributed by atoms with E-state index in [1.807, 2.05) is 30.3 Å². The van der Waals surface area contributed by atoms with E-state index in [0.717, 1.165) is 9.37 Å². The Bertz CT molecular complexity index is 551. The Kier molecular flexibility index (Phi) is 3.54. The minimum Gasteiger partial charge on any atom is -0.231 e. The molecule has 0 bridgehead atoms. The zero-order chi connectivity index (χ0) is 11.4. The molecule has 1 heterocycles. The van der Waals surface area contributed by atoms with E-state index in [2.05, 4.69) is 25.9 Å². The molecular formula is C11H6BrN3S. The third-order valence-corrected chi connectivity index (χ3v) is 3.12. The third kappa shape index (κ3) is 2.81. The second kappa shape index (κ2) is 5.10. The molecule has 1 aromatic carbocycles. The molecule has 0 atom stereocenters. The maximum atomic E-state index is 8.72. The van der Waals surface area contributed by atoms with Crippen LogP contribution in [0.25, 0.3) is 0 Å². The van der Waals surface area contributed by atoms with E-state index in [1.54, 1.807) is 12.3 Å². The van der Waals surface area contributed by atoms with Crippen molar-refractivity contribution in [3.05, 3.63) is 46.7 Å². The van der Waals surface area contributed by atoms with Gasteiger partial charge in [0.15, 0.2) is 5.16 Å². The SMILES string of the molecule is N#Cc1ccnc(Sc2cccc(Br)c2)n1. The van der Waals surface area contributed by atoms with Crippen molar-refractivity contribution >= 4 is 27.7 Å². The highest BCUT2D eigenvalue weighted by atomic mass is 79.9. The standard InChI is InChI=1S/C11H6BrN3S/c12-8-2-1-3-10(6-8)16-11-14-5-4-9(7-13)15-11/h1-6H. The molecule has 0 aliphatic carbocycles. The van der Waals surface area contributed by atoms with Gasteiger partial charge in [-0.15, -0.1) is 0 Å². The summed E-state index contributed by atoms with van der Waals surface area (Å²) in [6.07, 6.45) is 1.59. The van der Waals surface area contributed by atoms with Gasteiger partial charge < -0.3 is 0 Å². The second-order valence-corrected chi connectivity index (χ2v) is 4.85. The van der Waals surface area contributed by atoms with Gasteiger partial charge in [0, 0.05) is 15.6 Å². The maximum absolute atomic E-state index is 8.72. The Morgan fingerprint density at radius 2 is 2.19 bits per heavy atom. The number of aromatic nitrogens is 2. The minimum absolute atomic E-state index is 0.382. The fourth-order valence-corrected chi connectivity index (χ4v) is 2.44. The van der Waals surface area contributed by atoms with Gasteiger partial charge in [-0.3, -0.25) is 0 Å². The van der Waals surface area contributed by atoms with Gasteiger partial charge in [-0.25, -0.2) is 9.97 Å². The summed E-state index contributed by atoms with van der Waals surface area (Å²) in [5, 5.41) is 9.30. The van der Waals surface area contributed by atoms with Crippen LogP contribution in [0.1, 0.15) is 5.69 Å². The van der Waals surface area contributed by atoms with Gasteiger partial charge in [0.05, 0.1) is 0 Å². The number of hydrogen-bond acceptors (Lipinski definition) is 4. The fourth-order valence-electron chi connectivity index (χ4n) is 1.09. The summed E-state index contributed by atoms with van der Waals surface area (Å²) in [4.78, 5) is 9.22. The number of nitrogens with zero attached hydrogens (tertiary/aromatic N) is 3. The molecule has 0 aliphatic heterocycles. The monoisotopic (exact) mass is 291 g/mol. The number of benzene rings is 1. The summed E-state index contributed by atoms with van der Waals surface area (Å²) in [6.45, 7) is 0. The van der Waals surface area contributed by atoms with Crippen molar-refractivity contribution in [1.29, 1.82) is 5.26 Å². The van der Waals surface area contributed by atoms with Gasteiger partial charge in [0.25, 0.3) is 0 Å². The number of rotatable bonds is 2. The average Bonchev–Trinajstić information content (AvgIpc) is 2.29. The summed E-state index contributed by atoms with van der Waals surface area (Å²) in [5.41, 5.74) is 0.382. The summed E-state index contributed by atoms with van der Waals surface area (Å²) < 4.78 is 1.01. The molecular weight excluding hydrogens is 286 g/mol. The molecule has 3 nitrogen and oxygen atoms in total. The topological polar surface area (TPSA) is 49.6 Å². The largest absolute Gasteiger partial charge is 0.231 e. The van der Waals surface area contributed by atoms with Crippen molar-refractivity contribution in [2.24, 2.45) is 0 Å². The van der Waals surface area contributed by atoms with Crippen LogP contribution < -0.4 is 0 Å². The predicted molar refractivity (Wildman–Crippen MR) is 65.0 cm³/mol. The van der Waals surface area contributed by atoms with Crippen molar-refractivity contribution in [1.82, 2.24) is 9.97 Å². The Hall–Kier alpha value is -1.38. The van der Waals surface area contributed by atoms with Gasteiger partial charge in [-0.05, 0) is 36.0 Å². The van der Waals surface area contributed by atoms with Crippen LogP contribution in [0.15, 0.2) is 51.1 Å². The highest BCUT2D eigenvalue weighted by Crippen LogP contribution is 2.26. The molecule has 0 N–H and O–H groups in total. The number of halogens is 1. The molecule has 5 heteroatoms. The molecule has 2 aromatic rings. The lowest BCUT2D eigenvalue weighted by Gasteiger charge is -2.00. The lowest BCUT2D eigenvalue weighted by atomic mass is 10.4. The van der Waals surface area contributed by atoms with E-state index < -0.39 is 0 Å². The lowest BCUT2D eigenvalue weighted by molar-refractivity contribution is 0.952. The molecule has 0 spiro atoms. The van der Waals surface area contributed by atoms with E-state index in [4.69, 9.17) is 5.26 Å². The molecule has 1 aromatic heterocycles. The molecule has 0 unspecified atom stereocenters. The first-order valence-electron chi connectivity index (χ1n) is 4.44. The van der Waals surface area contributed by atoms with Crippen LogP contribution in [-0.2, 0) is 0 Å². The molecule has 0 saturated carbocycles. The molecule has 0 fully saturated rings. The van der Waals surface area contributed by atoms with Crippen molar-refractivity contribution < 1.29 is 0 Å². The van der Waals surface area contributed by atoms with Crippen LogP contribution in [0.2, 0.25) is 0 Å². The smallest absolute Gasteiger partial charge is 0.193 e. The predicted octanol–water partition coefficient (Wildman–Crippen LogP) is 3.26. The van der Waals surface area contributed by atoms with Gasteiger partial charge >= 0.3 is 0 Å². The Labute approximate surface area is 106 Å². The molecule has 0 amide bonds. The van der Waals surface area contributed by atoms with Gasteiger partial charge in [-0.1, -0.05) is 22.0 Å². The number of hydrogen-bond donors (Lipinski definition) is 0. The average molecular weight is 292 g/mol. The van der Waals surface area contributed by atoms with E-state index in [9.17, 15) is 0 Å². The first-order chi connectivity index (χ1) is 7.78. The first kappa shape index (κ1) is 11.1. The summed E-state index contributed by atoms with van der Waals surface area (Å²) in [6, 6.07) is 11.4. The van der Waals surface area contributed by atoms with Crippen LogP contribution >= 0.6 is 27.7 Å². The zero-order valence-corrected chi connectivity index (χ0v) is 10.5. The summed E-state index contributed by atoms with van der Waals surface area (Å²) in [5.74, 6) is 0. The molecule has 2 rings (SSSR count). The van der Waals surface area contributed by atoms with Crippen molar-refractivity contribution in [3.63, 3.8) is 0 Å². The highest BCUT2D eigenvalue weighted by molar-refractivity contribution is 9.10. The first-order valence-corrected chi connectivity index (χ1v) is 6.05. The third-order valence-electron chi connectivity index (χ3n) is 1.75. The Morgan fingerprint density at radius 3 is 2.94 bits per heavy atom. The Balaban J connectivity index is 2.24. The van der Waals surface area contributed by atoms with Crippen molar-refractivity contribution in [2.75, 3.05) is 0 Å². The minimum atomic E-state index is 0.382. The number of nitriles is 1. The van der Waals surface area contributed by atoms with E-state index >= 15 is 0 Å². The second-order valence-electron chi connectivity index (χ2n) is 2.90. The van der Waals surface area contributed by atoms with Crippen LogP contribution in [0.4, 0.5) is 0 Å². The van der Waals surface area contributed by atoms with E-state index in [1.165, 1.54) is 11.8 Å². The van der Waals surface area contributed by atoms with Crippen LogP contribution in [0.3, 0.4) is 0 Å². The van der Waals surface area contributed by atoms with Crippen LogP contribution in [0, 0.1) is 11.3 Å². The molecule has 78 valence electrons. The van der Waals surface area contributed by atoms with Crippen LogP contribution in [-0.4, -0.2) is 9.97 Å². The van der Waals surface area contributed by atoms with Gasteiger partial charge in [-0.2, -0.15) is 5.26 Å². The zero-order valence-electron chi connectivity index (χ0n) is 8.09. The van der Waals surface area contributed by atoms with Crippen molar-refractivity contribution in [2.45, 2.75) is 10.1 Å². The molecule has 16 heavy (non-hydrogen) atoms. The van der Waals surface area contributed by atoms with Crippen molar-refractivity contribution in [3.8, 4) is 6.07 Å². The van der Waals surface area contributed by atoms with Gasteiger partial charge in [0.1, 0.15) is 11.8 Å². The van der Waals surface area contributed by atoms with Gasteiger partial charge in [0.2, 0.25) is 0 Å². The van der Waals surface area contributed by atoms with Crippen LogP contribution in [0.5, 0.6) is 0 Å². The van der Waals surface area contributed by atoms with E-state index in [-0.39, 0.29) is 0 Å². The summed E-state index contributed by atoms with van der Waals surface area (Å²) in [7, 11) is 0. The molecule has 0 saturated heterocycles. The molecule has 0 radical (unpaired) electrons. The highest BCUT2D eigenvalue weighted by Gasteiger charge is 2.02. The summed E-state index contributed by atoms with van der Waals surface area (Å²) >= 11 is 4.83. The lowest BCUT2D eigenvalue weighted by Crippen LogP contribution is -1.88.